The van der Waals surface area contributed by atoms with Crippen LogP contribution in [-0.4, -0.2) is 21.3 Å². The van der Waals surface area contributed by atoms with Crippen LogP contribution in [-0.2, 0) is 4.79 Å². The van der Waals surface area contributed by atoms with Crippen LogP contribution in [0.1, 0.15) is 63.0 Å². The number of carbonyl (C=O) groups is 1. The van der Waals surface area contributed by atoms with Crippen molar-refractivity contribution < 1.29 is 20.1 Å². The Hall–Kier alpha value is -2.23. The number of benzene rings is 1. The molecule has 0 saturated carbocycles. The maximum atomic E-state index is 11.3. The van der Waals surface area contributed by atoms with Crippen molar-refractivity contribution in [2.45, 2.75) is 51.9 Å². The molecule has 0 saturated heterocycles. The Morgan fingerprint density at radius 2 is 1.92 bits per heavy atom. The minimum atomic E-state index is -0.961. The van der Waals surface area contributed by atoms with E-state index in [1.807, 2.05) is 13.8 Å². The molecule has 0 amide bonds. The van der Waals surface area contributed by atoms with Crippen molar-refractivity contribution in [2.24, 2.45) is 5.92 Å². The maximum absolute atomic E-state index is 11.3. The fourth-order valence-electron chi connectivity index (χ4n) is 3.65. The molecule has 1 aliphatic carbocycles. The van der Waals surface area contributed by atoms with E-state index in [-0.39, 0.29) is 23.3 Å². The summed E-state index contributed by atoms with van der Waals surface area (Å²) in [4.78, 5) is 11.3. The number of hydrogen-bond acceptors (Lipinski definition) is 3. The number of rotatable bonds is 5. The zero-order valence-electron chi connectivity index (χ0n) is 14.5. The van der Waals surface area contributed by atoms with Crippen molar-refractivity contribution in [3.8, 4) is 11.5 Å². The van der Waals surface area contributed by atoms with Crippen LogP contribution in [0.2, 0.25) is 0 Å². The summed E-state index contributed by atoms with van der Waals surface area (Å²) >= 11 is 0. The lowest BCUT2D eigenvalue weighted by Crippen LogP contribution is -2.17. The smallest absolute Gasteiger partial charge is 0.310 e. The standard InChI is InChI=1S/C20H26O4/c1-5-14(20(23)24)13-9-17(21)19(18(22)10-13)16-8-12(4)6-7-15(16)11(2)3/h8-10,14-16,21-22H,2,5-7H2,1,3-4H3,(H,23,24)/t14?,15-,16+/m0/s1. The van der Waals surface area contributed by atoms with Gasteiger partial charge in [-0.1, -0.05) is 30.7 Å². The third-order valence-electron chi connectivity index (χ3n) is 4.98. The van der Waals surface area contributed by atoms with Gasteiger partial charge in [0.15, 0.2) is 0 Å². The van der Waals surface area contributed by atoms with Crippen LogP contribution in [0, 0.1) is 5.92 Å². The fraction of sp³-hybridized carbons (Fsp3) is 0.450. The van der Waals surface area contributed by atoms with E-state index in [1.54, 1.807) is 6.92 Å². The molecule has 0 aromatic heterocycles. The molecule has 0 spiro atoms. The normalized spacial score (nSPS) is 21.9. The Morgan fingerprint density at radius 3 is 2.38 bits per heavy atom. The first-order valence-corrected chi connectivity index (χ1v) is 8.37. The minimum Gasteiger partial charge on any atom is -0.507 e. The van der Waals surface area contributed by atoms with Crippen molar-refractivity contribution in [1.82, 2.24) is 0 Å². The predicted molar refractivity (Wildman–Crippen MR) is 94.5 cm³/mol. The van der Waals surface area contributed by atoms with E-state index in [9.17, 15) is 20.1 Å². The SMILES string of the molecule is C=C(C)[C@@H]1CCC(C)=C[C@H]1c1c(O)cc(C(CC)C(=O)O)cc1O. The van der Waals surface area contributed by atoms with Crippen molar-refractivity contribution in [3.05, 3.63) is 47.1 Å². The molecule has 3 atom stereocenters. The summed E-state index contributed by atoms with van der Waals surface area (Å²) in [5.74, 6) is -1.79. The minimum absolute atomic E-state index is 0.0492. The molecular formula is C20H26O4. The van der Waals surface area contributed by atoms with Crippen LogP contribution >= 0.6 is 0 Å². The zero-order chi connectivity index (χ0) is 18.0. The Morgan fingerprint density at radius 1 is 1.33 bits per heavy atom. The van der Waals surface area contributed by atoms with E-state index in [1.165, 1.54) is 17.7 Å². The van der Waals surface area contributed by atoms with Gasteiger partial charge in [0.1, 0.15) is 11.5 Å². The highest BCUT2D eigenvalue weighted by atomic mass is 16.4. The lowest BCUT2D eigenvalue weighted by Gasteiger charge is -2.31. The third-order valence-corrected chi connectivity index (χ3v) is 4.98. The quantitative estimate of drug-likeness (QED) is 0.684. The van der Waals surface area contributed by atoms with Gasteiger partial charge in [-0.15, -0.1) is 0 Å². The van der Waals surface area contributed by atoms with Crippen LogP contribution in [0.4, 0.5) is 0 Å². The van der Waals surface area contributed by atoms with E-state index in [2.05, 4.69) is 12.7 Å². The topological polar surface area (TPSA) is 77.8 Å². The van der Waals surface area contributed by atoms with Crippen molar-refractivity contribution in [2.75, 3.05) is 0 Å². The number of carboxylic acids is 1. The van der Waals surface area contributed by atoms with Crippen LogP contribution < -0.4 is 0 Å². The molecule has 0 fully saturated rings. The molecule has 24 heavy (non-hydrogen) atoms. The number of phenols is 2. The van der Waals surface area contributed by atoms with Crippen molar-refractivity contribution in [3.63, 3.8) is 0 Å². The largest absolute Gasteiger partial charge is 0.507 e. The third kappa shape index (κ3) is 3.48. The fourth-order valence-corrected chi connectivity index (χ4v) is 3.65. The van der Waals surface area contributed by atoms with E-state index in [4.69, 9.17) is 0 Å². The number of hydrogen-bond donors (Lipinski definition) is 3. The van der Waals surface area contributed by atoms with Gasteiger partial charge in [0.05, 0.1) is 5.92 Å². The summed E-state index contributed by atoms with van der Waals surface area (Å²) in [6, 6.07) is 2.95. The molecular weight excluding hydrogens is 304 g/mol. The highest BCUT2D eigenvalue weighted by molar-refractivity contribution is 5.76. The van der Waals surface area contributed by atoms with Gasteiger partial charge < -0.3 is 15.3 Å². The number of aliphatic carboxylic acids is 1. The van der Waals surface area contributed by atoms with E-state index in [0.29, 0.717) is 17.5 Å². The first-order valence-electron chi connectivity index (χ1n) is 8.37. The molecule has 0 bridgehead atoms. The summed E-state index contributed by atoms with van der Waals surface area (Å²) in [6.45, 7) is 9.83. The zero-order valence-corrected chi connectivity index (χ0v) is 14.5. The van der Waals surface area contributed by atoms with Gasteiger partial charge in [0.25, 0.3) is 0 Å². The first kappa shape index (κ1) is 18.1. The summed E-state index contributed by atoms with van der Waals surface area (Å²) in [6.07, 6.45) is 4.37. The number of phenolic OH excluding ortho intramolecular Hbond substituents is 2. The lowest BCUT2D eigenvalue weighted by atomic mass is 9.73. The monoisotopic (exact) mass is 330 g/mol. The van der Waals surface area contributed by atoms with Gasteiger partial charge in [-0.3, -0.25) is 4.79 Å². The van der Waals surface area contributed by atoms with Gasteiger partial charge in [0.2, 0.25) is 0 Å². The maximum Gasteiger partial charge on any atom is 0.310 e. The highest BCUT2D eigenvalue weighted by Crippen LogP contribution is 2.47. The van der Waals surface area contributed by atoms with E-state index >= 15 is 0 Å². The molecule has 1 aromatic carbocycles. The molecule has 1 unspecified atom stereocenters. The Bertz CT molecular complexity index is 664. The molecule has 1 aromatic rings. The van der Waals surface area contributed by atoms with Gasteiger partial charge >= 0.3 is 5.97 Å². The summed E-state index contributed by atoms with van der Waals surface area (Å²) in [5, 5.41) is 30.3. The average molecular weight is 330 g/mol. The summed E-state index contributed by atoms with van der Waals surface area (Å²) < 4.78 is 0. The lowest BCUT2D eigenvalue weighted by molar-refractivity contribution is -0.138. The Labute approximate surface area is 143 Å². The average Bonchev–Trinajstić information content (AvgIpc) is 2.46. The molecule has 4 nitrogen and oxygen atoms in total. The number of carboxylic acid groups (broad SMARTS) is 1. The molecule has 3 N–H and O–H groups in total. The van der Waals surface area contributed by atoms with Gasteiger partial charge in [0, 0.05) is 11.5 Å². The van der Waals surface area contributed by atoms with Gasteiger partial charge in [-0.2, -0.15) is 0 Å². The second kappa shape index (κ2) is 7.12. The molecule has 0 aliphatic heterocycles. The van der Waals surface area contributed by atoms with Crippen LogP contribution in [0.25, 0.3) is 0 Å². The molecule has 4 heteroatoms. The van der Waals surface area contributed by atoms with Crippen LogP contribution in [0.15, 0.2) is 35.9 Å². The highest BCUT2D eigenvalue weighted by Gasteiger charge is 2.31. The second-order valence-electron chi connectivity index (χ2n) is 6.80. The van der Waals surface area contributed by atoms with Gasteiger partial charge in [-0.25, -0.2) is 0 Å². The summed E-state index contributed by atoms with van der Waals surface area (Å²) in [5.41, 5.74) is 3.12. The van der Waals surface area contributed by atoms with Crippen molar-refractivity contribution in [1.29, 1.82) is 0 Å². The Kier molecular flexibility index (Phi) is 5.37. The summed E-state index contributed by atoms with van der Waals surface area (Å²) in [7, 11) is 0. The number of aromatic hydroxyl groups is 2. The van der Waals surface area contributed by atoms with Gasteiger partial charge in [-0.05, 0) is 56.7 Å². The molecule has 1 aliphatic rings. The molecule has 130 valence electrons. The number of allylic oxidation sites excluding steroid dienone is 3. The van der Waals surface area contributed by atoms with E-state index < -0.39 is 11.9 Å². The van der Waals surface area contributed by atoms with E-state index in [0.717, 1.165) is 18.4 Å². The van der Waals surface area contributed by atoms with Crippen LogP contribution in [0.5, 0.6) is 11.5 Å². The molecule has 2 rings (SSSR count). The second-order valence-corrected chi connectivity index (χ2v) is 6.80. The predicted octanol–water partition coefficient (Wildman–Crippen LogP) is 4.69. The Balaban J connectivity index is 2.53. The first-order chi connectivity index (χ1) is 11.3. The van der Waals surface area contributed by atoms with Crippen LogP contribution in [0.3, 0.4) is 0 Å². The molecule has 0 heterocycles. The molecule has 0 radical (unpaired) electrons. The van der Waals surface area contributed by atoms with Crippen molar-refractivity contribution >= 4 is 5.97 Å².